The van der Waals surface area contributed by atoms with Crippen LogP contribution in [-0.2, 0) is 6.42 Å². The molecule has 1 aliphatic rings. The summed E-state index contributed by atoms with van der Waals surface area (Å²) in [7, 11) is 0. The highest BCUT2D eigenvalue weighted by molar-refractivity contribution is 7.13. The second-order valence-electron chi connectivity index (χ2n) is 6.67. The van der Waals surface area contributed by atoms with Gasteiger partial charge in [0.1, 0.15) is 5.76 Å². The van der Waals surface area contributed by atoms with Gasteiger partial charge in [0.2, 0.25) is 0 Å². The van der Waals surface area contributed by atoms with Gasteiger partial charge in [-0.25, -0.2) is 4.98 Å². The normalized spacial score (nSPS) is 18.0. The Hall–Kier alpha value is -2.15. The Morgan fingerprint density at radius 1 is 1.43 bits per heavy atom. The molecular weight excluding hydrogens is 314 g/mol. The number of fused-ring (bicyclic) bond motifs is 1. The molecule has 2 heterocycles. The molecule has 0 unspecified atom stereocenters. The second kappa shape index (κ2) is 5.49. The van der Waals surface area contributed by atoms with Crippen LogP contribution in [-0.4, -0.2) is 21.8 Å². The summed E-state index contributed by atoms with van der Waals surface area (Å²) >= 11 is 1.37. The van der Waals surface area contributed by atoms with Crippen molar-refractivity contribution in [2.24, 2.45) is 10.6 Å². The van der Waals surface area contributed by atoms with Gasteiger partial charge >= 0.3 is 0 Å². The zero-order chi connectivity index (χ0) is 16.8. The number of hydrogen-bond donors (Lipinski definition) is 2. The molecule has 23 heavy (non-hydrogen) atoms. The van der Waals surface area contributed by atoms with E-state index in [1.54, 1.807) is 0 Å². The Kier molecular flexibility index (Phi) is 3.75. The van der Waals surface area contributed by atoms with Crippen molar-refractivity contribution in [1.82, 2.24) is 4.98 Å². The van der Waals surface area contributed by atoms with Gasteiger partial charge in [0.15, 0.2) is 10.9 Å². The first-order valence-electron chi connectivity index (χ1n) is 7.38. The fraction of sp³-hybridized carbons (Fsp3) is 0.438. The van der Waals surface area contributed by atoms with E-state index in [4.69, 9.17) is 4.42 Å². The summed E-state index contributed by atoms with van der Waals surface area (Å²) in [5.41, 5.74) is 2.82. The Balaban J connectivity index is 1.96. The number of thiazole rings is 1. The maximum absolute atomic E-state index is 12.5. The van der Waals surface area contributed by atoms with Gasteiger partial charge in [-0.15, -0.1) is 11.3 Å². The average molecular weight is 333 g/mol. The van der Waals surface area contributed by atoms with Gasteiger partial charge in [0.05, 0.1) is 11.4 Å². The molecule has 2 aromatic heterocycles. The van der Waals surface area contributed by atoms with Crippen LogP contribution in [0.2, 0.25) is 0 Å². The molecule has 0 bridgehead atoms. The van der Waals surface area contributed by atoms with Gasteiger partial charge in [0.25, 0.3) is 5.91 Å². The molecule has 0 aromatic carbocycles. The number of amides is 1. The monoisotopic (exact) mass is 333 g/mol. The van der Waals surface area contributed by atoms with Crippen LogP contribution in [0, 0.1) is 19.3 Å². The van der Waals surface area contributed by atoms with E-state index in [0.717, 1.165) is 11.3 Å². The van der Waals surface area contributed by atoms with Crippen molar-refractivity contribution < 1.29 is 14.4 Å². The number of nitrogens with zero attached hydrogens (tertiary/aromatic N) is 2. The zero-order valence-corrected chi connectivity index (χ0v) is 14.4. The first-order valence-corrected chi connectivity index (χ1v) is 8.26. The number of anilines is 1. The van der Waals surface area contributed by atoms with E-state index in [1.165, 1.54) is 11.3 Å². The number of rotatable bonds is 2. The quantitative estimate of drug-likeness (QED) is 0.647. The van der Waals surface area contributed by atoms with Gasteiger partial charge in [0, 0.05) is 22.9 Å². The van der Waals surface area contributed by atoms with Crippen LogP contribution < -0.4 is 5.32 Å². The molecule has 0 saturated heterocycles. The molecule has 0 aliphatic heterocycles. The summed E-state index contributed by atoms with van der Waals surface area (Å²) in [5, 5.41) is 17.9. The lowest BCUT2D eigenvalue weighted by atomic mass is 9.75. The maximum Gasteiger partial charge on any atom is 0.293 e. The minimum Gasteiger partial charge on any atom is -0.455 e. The third-order valence-corrected chi connectivity index (χ3v) is 4.84. The molecule has 2 aromatic rings. The molecule has 0 radical (unpaired) electrons. The molecular formula is C16H19N3O3S. The molecule has 0 atom stereocenters. The topological polar surface area (TPSA) is 87.7 Å². The van der Waals surface area contributed by atoms with E-state index >= 15 is 0 Å². The van der Waals surface area contributed by atoms with Crippen LogP contribution in [0.4, 0.5) is 5.13 Å². The highest BCUT2D eigenvalue weighted by Gasteiger charge is 2.36. The molecule has 1 aliphatic carbocycles. The summed E-state index contributed by atoms with van der Waals surface area (Å²) in [6.07, 6.45) is 1.34. The van der Waals surface area contributed by atoms with E-state index < -0.39 is 0 Å². The summed E-state index contributed by atoms with van der Waals surface area (Å²) < 4.78 is 5.82. The predicted octanol–water partition coefficient (Wildman–Crippen LogP) is 3.76. The van der Waals surface area contributed by atoms with Gasteiger partial charge in [-0.05, 0) is 25.7 Å². The summed E-state index contributed by atoms with van der Waals surface area (Å²) in [5.74, 6) is 0.620. The SMILES string of the molecule is Cc1csc(NC(=O)c2oc3c(c2C)/C(=N\O)CC(C)(C)C3)n1. The molecule has 3 rings (SSSR count). The number of furan rings is 1. The number of nitrogens with one attached hydrogen (secondary N) is 1. The molecule has 0 fully saturated rings. The average Bonchev–Trinajstić information content (AvgIpc) is 3.00. The van der Waals surface area contributed by atoms with E-state index in [-0.39, 0.29) is 17.1 Å². The first kappa shape index (κ1) is 15.7. The summed E-state index contributed by atoms with van der Waals surface area (Å²) in [6.45, 7) is 7.84. The van der Waals surface area contributed by atoms with Crippen LogP contribution in [0.25, 0.3) is 0 Å². The van der Waals surface area contributed by atoms with Crippen molar-refractivity contribution in [3.05, 3.63) is 33.7 Å². The van der Waals surface area contributed by atoms with Crippen molar-refractivity contribution in [2.75, 3.05) is 5.32 Å². The number of hydrogen-bond acceptors (Lipinski definition) is 6. The van der Waals surface area contributed by atoms with Gasteiger partial charge in [-0.3, -0.25) is 10.1 Å². The van der Waals surface area contributed by atoms with Gasteiger partial charge in [-0.2, -0.15) is 0 Å². The fourth-order valence-corrected chi connectivity index (χ4v) is 3.66. The van der Waals surface area contributed by atoms with Crippen LogP contribution in [0.1, 0.15) is 53.4 Å². The molecule has 0 saturated carbocycles. The largest absolute Gasteiger partial charge is 0.455 e. The van der Waals surface area contributed by atoms with Gasteiger partial charge < -0.3 is 9.62 Å². The molecule has 1 amide bonds. The Labute approximate surface area is 138 Å². The van der Waals surface area contributed by atoms with E-state index in [0.29, 0.717) is 35.0 Å². The minimum absolute atomic E-state index is 0.0704. The lowest BCUT2D eigenvalue weighted by Gasteiger charge is -2.28. The Bertz CT molecular complexity index is 802. The molecule has 0 spiro atoms. The number of aryl methyl sites for hydroxylation is 1. The van der Waals surface area contributed by atoms with E-state index in [1.807, 2.05) is 19.2 Å². The highest BCUT2D eigenvalue weighted by atomic mass is 32.1. The first-order chi connectivity index (χ1) is 10.8. The van der Waals surface area contributed by atoms with Crippen molar-refractivity contribution >= 4 is 28.1 Å². The number of oxime groups is 1. The highest BCUT2D eigenvalue weighted by Crippen LogP contribution is 2.39. The van der Waals surface area contributed by atoms with Crippen molar-refractivity contribution in [1.29, 1.82) is 0 Å². The number of carbonyl (C=O) groups excluding carboxylic acids is 1. The molecule has 122 valence electrons. The van der Waals surface area contributed by atoms with Crippen molar-refractivity contribution in [3.8, 4) is 0 Å². The summed E-state index contributed by atoms with van der Waals surface area (Å²) in [4.78, 5) is 16.7. The molecule has 2 N–H and O–H groups in total. The zero-order valence-electron chi connectivity index (χ0n) is 13.6. The van der Waals surface area contributed by atoms with Crippen LogP contribution in [0.15, 0.2) is 15.0 Å². The number of aromatic nitrogens is 1. The van der Waals surface area contributed by atoms with E-state index in [2.05, 4.69) is 29.3 Å². The van der Waals surface area contributed by atoms with Crippen LogP contribution in [0.3, 0.4) is 0 Å². The van der Waals surface area contributed by atoms with Crippen molar-refractivity contribution in [3.63, 3.8) is 0 Å². The Morgan fingerprint density at radius 3 is 2.78 bits per heavy atom. The third kappa shape index (κ3) is 2.88. The molecule has 6 nitrogen and oxygen atoms in total. The van der Waals surface area contributed by atoms with Crippen LogP contribution >= 0.6 is 11.3 Å². The Morgan fingerprint density at radius 2 is 2.17 bits per heavy atom. The van der Waals surface area contributed by atoms with Crippen LogP contribution in [0.5, 0.6) is 0 Å². The second-order valence-corrected chi connectivity index (χ2v) is 7.53. The predicted molar refractivity (Wildman–Crippen MR) is 88.7 cm³/mol. The van der Waals surface area contributed by atoms with Crippen molar-refractivity contribution in [2.45, 2.75) is 40.5 Å². The molecule has 7 heteroatoms. The van der Waals surface area contributed by atoms with E-state index in [9.17, 15) is 10.0 Å². The fourth-order valence-electron chi connectivity index (χ4n) is 2.98. The standard InChI is InChI=1S/C16H19N3O3S/c1-8-7-23-15(17-8)18-14(20)13-9(2)12-10(19-21)5-16(3,4)6-11(12)22-13/h7,21H,5-6H2,1-4H3,(H,17,18,20)/b19-10-. The summed E-state index contributed by atoms with van der Waals surface area (Å²) in [6, 6.07) is 0. The lowest BCUT2D eigenvalue weighted by Crippen LogP contribution is -2.27. The number of carbonyl (C=O) groups is 1. The third-order valence-electron chi connectivity index (χ3n) is 3.96. The lowest BCUT2D eigenvalue weighted by molar-refractivity contribution is 0.0993. The van der Waals surface area contributed by atoms with Gasteiger partial charge in [-0.1, -0.05) is 19.0 Å². The minimum atomic E-state index is -0.332. The maximum atomic E-state index is 12.5. The smallest absolute Gasteiger partial charge is 0.293 e.